The topological polar surface area (TPSA) is 55.6 Å². The zero-order chi connectivity index (χ0) is 14.7. The zero-order valence-corrected chi connectivity index (χ0v) is 12.6. The summed E-state index contributed by atoms with van der Waals surface area (Å²) in [5.74, 6) is 1.06. The van der Waals surface area contributed by atoms with Gasteiger partial charge >= 0.3 is 5.97 Å². The Kier molecular flexibility index (Phi) is 4.53. The second-order valence-electron chi connectivity index (χ2n) is 5.74. The maximum atomic E-state index is 12.1. The predicted molar refractivity (Wildman–Crippen MR) is 82.0 cm³/mol. The quantitative estimate of drug-likeness (QED) is 0.678. The highest BCUT2D eigenvalue weighted by Gasteiger charge is 2.27. The van der Waals surface area contributed by atoms with Crippen LogP contribution in [-0.2, 0) is 4.74 Å². The minimum absolute atomic E-state index is 0.289. The van der Waals surface area contributed by atoms with Crippen molar-refractivity contribution < 1.29 is 9.53 Å². The Balaban J connectivity index is 2.25. The molecule has 2 rings (SSSR count). The lowest BCUT2D eigenvalue weighted by Crippen LogP contribution is -2.24. The summed E-state index contributed by atoms with van der Waals surface area (Å²) in [6.07, 6.45) is 1.17. The van der Waals surface area contributed by atoms with Crippen LogP contribution in [0.5, 0.6) is 0 Å². The molecule has 20 heavy (non-hydrogen) atoms. The molecule has 0 aromatic heterocycles. The molecule has 1 heterocycles. The molecule has 110 valence electrons. The Morgan fingerprint density at radius 1 is 1.50 bits per heavy atom. The largest absolute Gasteiger partial charge is 0.462 e. The van der Waals surface area contributed by atoms with Gasteiger partial charge in [0.15, 0.2) is 0 Å². The van der Waals surface area contributed by atoms with Gasteiger partial charge in [-0.15, -0.1) is 0 Å². The Hall–Kier alpha value is -1.71. The van der Waals surface area contributed by atoms with Gasteiger partial charge in [-0.1, -0.05) is 13.8 Å². The first-order chi connectivity index (χ1) is 9.52. The van der Waals surface area contributed by atoms with Crippen LogP contribution in [-0.4, -0.2) is 25.7 Å². The third kappa shape index (κ3) is 3.06. The van der Waals surface area contributed by atoms with Gasteiger partial charge < -0.3 is 15.4 Å². The number of rotatable bonds is 4. The monoisotopic (exact) mass is 276 g/mol. The highest BCUT2D eigenvalue weighted by Crippen LogP contribution is 2.31. The number of nitrogens with two attached hydrogens (primary N) is 1. The Bertz CT molecular complexity index is 485. The van der Waals surface area contributed by atoms with E-state index in [1.807, 2.05) is 19.1 Å². The van der Waals surface area contributed by atoms with Crippen LogP contribution in [0.4, 0.5) is 11.4 Å². The van der Waals surface area contributed by atoms with E-state index < -0.39 is 0 Å². The van der Waals surface area contributed by atoms with Gasteiger partial charge in [-0.3, -0.25) is 0 Å². The molecule has 0 bridgehead atoms. The summed E-state index contributed by atoms with van der Waals surface area (Å²) < 4.78 is 5.14. The summed E-state index contributed by atoms with van der Waals surface area (Å²) in [6, 6.07) is 5.50. The highest BCUT2D eigenvalue weighted by atomic mass is 16.5. The number of benzene rings is 1. The molecular weight excluding hydrogens is 252 g/mol. The van der Waals surface area contributed by atoms with Gasteiger partial charge in [0.2, 0.25) is 0 Å². The van der Waals surface area contributed by atoms with Crippen molar-refractivity contribution in [2.45, 2.75) is 27.2 Å². The van der Waals surface area contributed by atoms with E-state index in [1.165, 1.54) is 6.42 Å². The van der Waals surface area contributed by atoms with Gasteiger partial charge in [-0.25, -0.2) is 4.79 Å². The summed E-state index contributed by atoms with van der Waals surface area (Å²) in [4.78, 5) is 14.4. The number of nitrogen functional groups attached to an aromatic ring is 1. The van der Waals surface area contributed by atoms with Crippen LogP contribution >= 0.6 is 0 Å². The van der Waals surface area contributed by atoms with E-state index in [-0.39, 0.29) is 5.97 Å². The van der Waals surface area contributed by atoms with E-state index in [1.54, 1.807) is 6.07 Å². The molecule has 0 aliphatic carbocycles. The van der Waals surface area contributed by atoms with Gasteiger partial charge in [0.05, 0.1) is 17.9 Å². The van der Waals surface area contributed by atoms with Gasteiger partial charge in [-0.05, 0) is 43.4 Å². The van der Waals surface area contributed by atoms with E-state index in [9.17, 15) is 4.79 Å². The average Bonchev–Trinajstić information content (AvgIpc) is 2.88. The van der Waals surface area contributed by atoms with Crippen molar-refractivity contribution >= 4 is 17.3 Å². The fourth-order valence-corrected chi connectivity index (χ4v) is 2.75. The lowest BCUT2D eigenvalue weighted by Gasteiger charge is -2.22. The number of ether oxygens (including phenoxy) is 1. The van der Waals surface area contributed by atoms with E-state index in [2.05, 4.69) is 18.7 Å². The van der Waals surface area contributed by atoms with E-state index in [0.29, 0.717) is 29.7 Å². The van der Waals surface area contributed by atoms with Crippen molar-refractivity contribution in [1.29, 1.82) is 0 Å². The van der Waals surface area contributed by atoms with Crippen LogP contribution in [0.15, 0.2) is 18.2 Å². The summed E-state index contributed by atoms with van der Waals surface area (Å²) >= 11 is 0. The lowest BCUT2D eigenvalue weighted by molar-refractivity contribution is 0.0527. The Labute approximate surface area is 120 Å². The first-order valence-electron chi connectivity index (χ1n) is 7.34. The van der Waals surface area contributed by atoms with E-state index in [0.717, 1.165) is 18.8 Å². The van der Waals surface area contributed by atoms with Crippen molar-refractivity contribution in [3.05, 3.63) is 23.8 Å². The molecule has 1 aliphatic heterocycles. The van der Waals surface area contributed by atoms with Crippen LogP contribution < -0.4 is 10.6 Å². The summed E-state index contributed by atoms with van der Waals surface area (Å²) in [5.41, 5.74) is 7.93. The second-order valence-corrected chi connectivity index (χ2v) is 5.74. The summed E-state index contributed by atoms with van der Waals surface area (Å²) in [5, 5.41) is 0. The number of hydrogen-bond acceptors (Lipinski definition) is 4. The summed E-state index contributed by atoms with van der Waals surface area (Å²) in [6.45, 7) is 8.68. The SMILES string of the molecule is CCOC(=O)c1cc(N)ccc1N1CCC(C(C)C)C1. The molecule has 0 radical (unpaired) electrons. The third-order valence-electron chi connectivity index (χ3n) is 4.02. The zero-order valence-electron chi connectivity index (χ0n) is 12.6. The van der Waals surface area contributed by atoms with Crippen LogP contribution in [0.3, 0.4) is 0 Å². The van der Waals surface area contributed by atoms with Crippen LogP contribution in [0.1, 0.15) is 37.6 Å². The molecule has 1 fully saturated rings. The number of carbonyl (C=O) groups excluding carboxylic acids is 1. The molecule has 0 saturated carbocycles. The van der Waals surface area contributed by atoms with E-state index in [4.69, 9.17) is 10.5 Å². The molecule has 1 aromatic rings. The molecule has 1 unspecified atom stereocenters. The normalized spacial score (nSPS) is 18.6. The van der Waals surface area contributed by atoms with Crippen molar-refractivity contribution in [2.24, 2.45) is 11.8 Å². The molecule has 2 N–H and O–H groups in total. The molecule has 4 nitrogen and oxygen atoms in total. The first kappa shape index (κ1) is 14.7. The molecule has 4 heteroatoms. The minimum Gasteiger partial charge on any atom is -0.462 e. The van der Waals surface area contributed by atoms with Gasteiger partial charge in [-0.2, -0.15) is 0 Å². The maximum absolute atomic E-state index is 12.1. The molecule has 1 aromatic carbocycles. The van der Waals surface area contributed by atoms with Crippen LogP contribution in [0, 0.1) is 11.8 Å². The Morgan fingerprint density at radius 3 is 2.85 bits per heavy atom. The number of nitrogens with zero attached hydrogens (tertiary/aromatic N) is 1. The average molecular weight is 276 g/mol. The lowest BCUT2D eigenvalue weighted by atomic mass is 9.95. The van der Waals surface area contributed by atoms with Gasteiger partial charge in [0.25, 0.3) is 0 Å². The molecular formula is C16H24N2O2. The molecule has 0 amide bonds. The van der Waals surface area contributed by atoms with Crippen molar-refractivity contribution in [2.75, 3.05) is 30.3 Å². The Morgan fingerprint density at radius 2 is 2.25 bits per heavy atom. The fraction of sp³-hybridized carbons (Fsp3) is 0.562. The molecule has 1 aliphatic rings. The van der Waals surface area contributed by atoms with Crippen molar-refractivity contribution in [3.63, 3.8) is 0 Å². The standard InChI is InChI=1S/C16H24N2O2/c1-4-20-16(19)14-9-13(17)5-6-15(14)18-8-7-12(10-18)11(2)3/h5-6,9,11-12H,4,7-8,10,17H2,1-3H3. The van der Waals surface area contributed by atoms with Crippen LogP contribution in [0.2, 0.25) is 0 Å². The summed E-state index contributed by atoms with van der Waals surface area (Å²) in [7, 11) is 0. The number of hydrogen-bond donors (Lipinski definition) is 1. The number of anilines is 2. The number of carbonyl (C=O) groups is 1. The third-order valence-corrected chi connectivity index (χ3v) is 4.02. The molecule has 0 spiro atoms. The first-order valence-corrected chi connectivity index (χ1v) is 7.34. The maximum Gasteiger partial charge on any atom is 0.340 e. The van der Waals surface area contributed by atoms with Crippen molar-refractivity contribution in [1.82, 2.24) is 0 Å². The van der Waals surface area contributed by atoms with Gasteiger partial charge in [0.1, 0.15) is 0 Å². The number of esters is 1. The van der Waals surface area contributed by atoms with Crippen LogP contribution in [0.25, 0.3) is 0 Å². The minimum atomic E-state index is -0.289. The van der Waals surface area contributed by atoms with Gasteiger partial charge in [0, 0.05) is 18.8 Å². The molecule has 1 atom stereocenters. The fourth-order valence-electron chi connectivity index (χ4n) is 2.75. The second kappa shape index (κ2) is 6.16. The van der Waals surface area contributed by atoms with E-state index >= 15 is 0 Å². The predicted octanol–water partition coefficient (Wildman–Crippen LogP) is 2.93. The van der Waals surface area contributed by atoms with Crippen molar-refractivity contribution in [3.8, 4) is 0 Å². The smallest absolute Gasteiger partial charge is 0.340 e. The molecule has 1 saturated heterocycles. The highest BCUT2D eigenvalue weighted by molar-refractivity contribution is 5.97.